The fourth-order valence-corrected chi connectivity index (χ4v) is 3.17. The van der Waals surface area contributed by atoms with E-state index in [1.54, 1.807) is 10.9 Å². The van der Waals surface area contributed by atoms with E-state index in [1.165, 1.54) is 0 Å². The number of fused-ring (bicyclic) bond motifs is 2. The normalized spacial score (nSPS) is 11.7. The lowest BCUT2D eigenvalue weighted by molar-refractivity contribution is 0.612. The van der Waals surface area contributed by atoms with Crippen LogP contribution >= 0.6 is 11.6 Å². The van der Waals surface area contributed by atoms with Crippen molar-refractivity contribution in [3.05, 3.63) is 46.4 Å². The minimum atomic E-state index is -0.136. The Bertz CT molecular complexity index is 1140. The zero-order valence-electron chi connectivity index (χ0n) is 14.4. The molecule has 134 valence electrons. The van der Waals surface area contributed by atoms with Crippen LogP contribution < -0.4 is 11.0 Å². The van der Waals surface area contributed by atoms with Crippen LogP contribution in [0.15, 0.2) is 35.4 Å². The molecule has 0 amide bonds. The highest BCUT2D eigenvalue weighted by atomic mass is 35.5. The SMILES string of the molecule is CC(C)n1cnc2c(NCCn3c(=O)[nH]c4ccccc43)nc(Cl)nc21. The molecule has 9 heteroatoms. The maximum absolute atomic E-state index is 12.1. The van der Waals surface area contributed by atoms with Crippen molar-refractivity contribution in [3.63, 3.8) is 0 Å². The first-order valence-electron chi connectivity index (χ1n) is 8.36. The summed E-state index contributed by atoms with van der Waals surface area (Å²) < 4.78 is 3.63. The Balaban J connectivity index is 1.60. The van der Waals surface area contributed by atoms with Crippen LogP contribution in [0.25, 0.3) is 22.2 Å². The van der Waals surface area contributed by atoms with Crippen LogP contribution in [0.1, 0.15) is 19.9 Å². The maximum Gasteiger partial charge on any atom is 0.326 e. The molecule has 0 bridgehead atoms. The molecule has 4 rings (SSSR count). The van der Waals surface area contributed by atoms with Crippen molar-refractivity contribution in [1.82, 2.24) is 29.1 Å². The second-order valence-corrected chi connectivity index (χ2v) is 6.62. The van der Waals surface area contributed by atoms with Crippen LogP contribution in [0.4, 0.5) is 5.82 Å². The van der Waals surface area contributed by atoms with E-state index in [-0.39, 0.29) is 17.0 Å². The number of hydrogen-bond acceptors (Lipinski definition) is 5. The van der Waals surface area contributed by atoms with Crippen molar-refractivity contribution in [2.45, 2.75) is 26.4 Å². The Morgan fingerprint density at radius 2 is 2.08 bits per heavy atom. The standard InChI is InChI=1S/C17H18ClN7O/c1-10(2)25-9-20-13-14(22-16(18)23-15(13)25)19-7-8-24-12-6-4-3-5-11(12)21-17(24)26/h3-6,9-10H,7-8H2,1-2H3,(H,21,26)(H,19,22,23). The Labute approximate surface area is 153 Å². The highest BCUT2D eigenvalue weighted by molar-refractivity contribution is 6.28. The minimum Gasteiger partial charge on any atom is -0.366 e. The number of aromatic amines is 1. The molecule has 8 nitrogen and oxygen atoms in total. The van der Waals surface area contributed by atoms with Crippen LogP contribution in [-0.4, -0.2) is 35.6 Å². The second kappa shape index (κ2) is 6.45. The number of anilines is 1. The third-order valence-electron chi connectivity index (χ3n) is 4.26. The van der Waals surface area contributed by atoms with Gasteiger partial charge in [-0.25, -0.2) is 9.78 Å². The zero-order chi connectivity index (χ0) is 18.3. The van der Waals surface area contributed by atoms with Gasteiger partial charge in [0.2, 0.25) is 5.28 Å². The van der Waals surface area contributed by atoms with Gasteiger partial charge in [-0.1, -0.05) is 12.1 Å². The third kappa shape index (κ3) is 2.82. The predicted octanol–water partition coefficient (Wildman–Crippen LogP) is 2.82. The van der Waals surface area contributed by atoms with E-state index < -0.39 is 0 Å². The third-order valence-corrected chi connectivity index (χ3v) is 4.43. The van der Waals surface area contributed by atoms with Gasteiger partial charge in [0.25, 0.3) is 0 Å². The quantitative estimate of drug-likeness (QED) is 0.526. The molecule has 1 aromatic carbocycles. The number of halogens is 1. The highest BCUT2D eigenvalue weighted by Crippen LogP contribution is 2.23. The van der Waals surface area contributed by atoms with Gasteiger partial charge in [-0.2, -0.15) is 9.97 Å². The summed E-state index contributed by atoms with van der Waals surface area (Å²) in [5, 5.41) is 3.38. The molecule has 0 aliphatic carbocycles. The molecule has 26 heavy (non-hydrogen) atoms. The van der Waals surface area contributed by atoms with Gasteiger partial charge in [-0.3, -0.25) is 4.57 Å². The predicted molar refractivity (Wildman–Crippen MR) is 102 cm³/mol. The molecular formula is C17H18ClN7O. The minimum absolute atomic E-state index is 0.136. The summed E-state index contributed by atoms with van der Waals surface area (Å²) in [5.41, 5.74) is 2.90. The first-order chi connectivity index (χ1) is 12.5. The van der Waals surface area contributed by atoms with Gasteiger partial charge in [-0.15, -0.1) is 0 Å². The largest absolute Gasteiger partial charge is 0.366 e. The molecule has 0 atom stereocenters. The lowest BCUT2D eigenvalue weighted by Crippen LogP contribution is -2.21. The molecule has 0 fully saturated rings. The smallest absolute Gasteiger partial charge is 0.326 e. The van der Waals surface area contributed by atoms with Gasteiger partial charge >= 0.3 is 5.69 Å². The first-order valence-corrected chi connectivity index (χ1v) is 8.74. The van der Waals surface area contributed by atoms with E-state index in [4.69, 9.17) is 11.6 Å². The van der Waals surface area contributed by atoms with Gasteiger partial charge in [0, 0.05) is 19.1 Å². The van der Waals surface area contributed by atoms with E-state index in [1.807, 2.05) is 42.7 Å². The number of H-pyrrole nitrogens is 1. The number of benzene rings is 1. The summed E-state index contributed by atoms with van der Waals surface area (Å²) in [5.74, 6) is 0.562. The number of aromatic nitrogens is 6. The lowest BCUT2D eigenvalue weighted by atomic mass is 10.3. The van der Waals surface area contributed by atoms with E-state index in [9.17, 15) is 4.79 Å². The lowest BCUT2D eigenvalue weighted by Gasteiger charge is -2.10. The van der Waals surface area contributed by atoms with Crippen LogP contribution in [0.5, 0.6) is 0 Å². The van der Waals surface area contributed by atoms with Crippen molar-refractivity contribution in [2.75, 3.05) is 11.9 Å². The van der Waals surface area contributed by atoms with Gasteiger partial charge in [0.05, 0.1) is 17.4 Å². The molecule has 0 saturated carbocycles. The summed E-state index contributed by atoms with van der Waals surface area (Å²) in [6.45, 7) is 5.08. The van der Waals surface area contributed by atoms with Crippen LogP contribution in [0, 0.1) is 0 Å². The van der Waals surface area contributed by atoms with Gasteiger partial charge in [0.1, 0.15) is 0 Å². The van der Waals surface area contributed by atoms with Crippen LogP contribution in [0.2, 0.25) is 5.28 Å². The maximum atomic E-state index is 12.1. The van der Waals surface area contributed by atoms with Crippen molar-refractivity contribution >= 4 is 39.6 Å². The fraction of sp³-hybridized carbons (Fsp3) is 0.294. The average Bonchev–Trinajstić information content (AvgIpc) is 3.16. The Kier molecular flexibility index (Phi) is 4.12. The summed E-state index contributed by atoms with van der Waals surface area (Å²) in [6, 6.07) is 7.81. The van der Waals surface area contributed by atoms with Crippen molar-refractivity contribution in [1.29, 1.82) is 0 Å². The first kappa shape index (κ1) is 16.6. The zero-order valence-corrected chi connectivity index (χ0v) is 15.2. The van der Waals surface area contributed by atoms with Crippen molar-refractivity contribution in [2.24, 2.45) is 0 Å². The topological polar surface area (TPSA) is 93.4 Å². The number of nitrogens with one attached hydrogen (secondary N) is 2. The second-order valence-electron chi connectivity index (χ2n) is 6.28. The summed E-state index contributed by atoms with van der Waals surface area (Å²) in [6.07, 6.45) is 1.73. The Morgan fingerprint density at radius 3 is 2.88 bits per heavy atom. The summed E-state index contributed by atoms with van der Waals surface area (Å²) in [7, 11) is 0. The van der Waals surface area contributed by atoms with E-state index in [2.05, 4.69) is 25.3 Å². The summed E-state index contributed by atoms with van der Waals surface area (Å²) >= 11 is 6.08. The molecular weight excluding hydrogens is 354 g/mol. The molecule has 3 heterocycles. The molecule has 4 aromatic rings. The van der Waals surface area contributed by atoms with Gasteiger partial charge in [-0.05, 0) is 37.6 Å². The molecule has 0 spiro atoms. The monoisotopic (exact) mass is 371 g/mol. The molecule has 0 saturated heterocycles. The number of hydrogen-bond donors (Lipinski definition) is 2. The van der Waals surface area contributed by atoms with E-state index >= 15 is 0 Å². The molecule has 0 aliphatic heterocycles. The van der Waals surface area contributed by atoms with Crippen molar-refractivity contribution < 1.29 is 0 Å². The number of rotatable bonds is 5. The van der Waals surface area contributed by atoms with E-state index in [0.29, 0.717) is 30.1 Å². The number of para-hydroxylation sites is 2. The molecule has 3 aromatic heterocycles. The van der Waals surface area contributed by atoms with Crippen LogP contribution in [0.3, 0.4) is 0 Å². The fourth-order valence-electron chi connectivity index (χ4n) is 3.01. The van der Waals surface area contributed by atoms with Gasteiger partial charge < -0.3 is 14.9 Å². The van der Waals surface area contributed by atoms with Crippen molar-refractivity contribution in [3.8, 4) is 0 Å². The molecule has 0 unspecified atom stereocenters. The Hall–Kier alpha value is -2.87. The number of nitrogens with zero attached hydrogens (tertiary/aromatic N) is 5. The highest BCUT2D eigenvalue weighted by Gasteiger charge is 2.14. The average molecular weight is 372 g/mol. The molecule has 2 N–H and O–H groups in total. The van der Waals surface area contributed by atoms with E-state index in [0.717, 1.165) is 11.0 Å². The summed E-state index contributed by atoms with van der Waals surface area (Å²) in [4.78, 5) is 27.9. The molecule has 0 radical (unpaired) electrons. The van der Waals surface area contributed by atoms with Crippen LogP contribution in [-0.2, 0) is 6.54 Å². The molecule has 0 aliphatic rings. The Morgan fingerprint density at radius 1 is 1.27 bits per heavy atom. The van der Waals surface area contributed by atoms with Gasteiger partial charge in [0.15, 0.2) is 17.0 Å². The number of imidazole rings is 2.